The van der Waals surface area contributed by atoms with Gasteiger partial charge < -0.3 is 20.1 Å². The van der Waals surface area contributed by atoms with Crippen molar-refractivity contribution in [2.24, 2.45) is 0 Å². The van der Waals surface area contributed by atoms with E-state index in [9.17, 15) is 9.59 Å². The van der Waals surface area contributed by atoms with Crippen molar-refractivity contribution in [3.05, 3.63) is 84.4 Å². The lowest BCUT2D eigenvalue weighted by atomic mass is 10.2. The molecule has 0 atom stereocenters. The highest BCUT2D eigenvalue weighted by Gasteiger charge is 2.10. The van der Waals surface area contributed by atoms with E-state index in [1.807, 2.05) is 37.3 Å². The maximum absolute atomic E-state index is 12.5. The molecule has 0 aliphatic heterocycles. The van der Waals surface area contributed by atoms with Crippen LogP contribution in [0.5, 0.6) is 11.5 Å². The number of para-hydroxylation sites is 3. The topological polar surface area (TPSA) is 76.7 Å². The van der Waals surface area contributed by atoms with Gasteiger partial charge in [-0.3, -0.25) is 9.59 Å². The number of hydrogen-bond acceptors (Lipinski definition) is 4. The van der Waals surface area contributed by atoms with Crippen LogP contribution in [-0.2, 0) is 4.79 Å². The molecule has 0 aliphatic carbocycles. The Hall–Kier alpha value is -3.80. The van der Waals surface area contributed by atoms with Gasteiger partial charge in [-0.05, 0) is 55.5 Å². The fraction of sp³-hybridized carbons (Fsp3) is 0.130. The molecular formula is C23H22N2O4. The van der Waals surface area contributed by atoms with Crippen LogP contribution in [0, 0.1) is 0 Å². The summed E-state index contributed by atoms with van der Waals surface area (Å²) in [6, 6.07) is 23.0. The van der Waals surface area contributed by atoms with Gasteiger partial charge in [0.1, 0.15) is 11.5 Å². The Morgan fingerprint density at radius 1 is 0.793 bits per heavy atom. The Morgan fingerprint density at radius 2 is 1.48 bits per heavy atom. The maximum atomic E-state index is 12.5. The Labute approximate surface area is 169 Å². The summed E-state index contributed by atoms with van der Waals surface area (Å²) in [5.41, 5.74) is 1.79. The van der Waals surface area contributed by atoms with Crippen LogP contribution >= 0.6 is 0 Å². The predicted molar refractivity (Wildman–Crippen MR) is 113 cm³/mol. The van der Waals surface area contributed by atoms with E-state index in [1.165, 1.54) is 0 Å². The van der Waals surface area contributed by atoms with E-state index in [1.54, 1.807) is 48.5 Å². The first kappa shape index (κ1) is 19.9. The molecule has 3 rings (SSSR count). The number of amides is 2. The number of nitrogens with one attached hydrogen (secondary N) is 2. The Bertz CT molecular complexity index is 956. The Balaban J connectivity index is 1.54. The lowest BCUT2D eigenvalue weighted by Gasteiger charge is -2.11. The lowest BCUT2D eigenvalue weighted by molar-refractivity contribution is -0.118. The predicted octanol–water partition coefficient (Wildman–Crippen LogP) is 4.36. The zero-order valence-electron chi connectivity index (χ0n) is 16.1. The van der Waals surface area contributed by atoms with Crippen molar-refractivity contribution < 1.29 is 19.1 Å². The molecule has 2 N–H and O–H groups in total. The van der Waals surface area contributed by atoms with Crippen molar-refractivity contribution in [1.29, 1.82) is 0 Å². The third-order valence-corrected chi connectivity index (χ3v) is 3.98. The van der Waals surface area contributed by atoms with Crippen LogP contribution in [0.4, 0.5) is 11.4 Å². The number of anilines is 2. The summed E-state index contributed by atoms with van der Waals surface area (Å²) < 4.78 is 11.0. The van der Waals surface area contributed by atoms with Crippen molar-refractivity contribution in [3.63, 3.8) is 0 Å². The number of rotatable bonds is 8. The van der Waals surface area contributed by atoms with E-state index in [2.05, 4.69) is 10.6 Å². The molecular weight excluding hydrogens is 368 g/mol. The molecule has 3 aromatic rings. The zero-order valence-corrected chi connectivity index (χ0v) is 16.1. The Morgan fingerprint density at radius 3 is 2.21 bits per heavy atom. The molecule has 6 nitrogen and oxygen atoms in total. The van der Waals surface area contributed by atoms with Crippen LogP contribution in [0.15, 0.2) is 78.9 Å². The molecule has 0 saturated heterocycles. The summed E-state index contributed by atoms with van der Waals surface area (Å²) in [6.07, 6.45) is 0. The number of carbonyl (C=O) groups excluding carboxylic acids is 2. The first-order valence-electron chi connectivity index (χ1n) is 9.26. The van der Waals surface area contributed by atoms with Gasteiger partial charge in [-0.2, -0.15) is 0 Å². The van der Waals surface area contributed by atoms with Gasteiger partial charge in [0.25, 0.3) is 11.8 Å². The van der Waals surface area contributed by atoms with E-state index in [4.69, 9.17) is 9.47 Å². The summed E-state index contributed by atoms with van der Waals surface area (Å²) in [5, 5.41) is 5.58. The van der Waals surface area contributed by atoms with E-state index < -0.39 is 0 Å². The number of ether oxygens (including phenoxy) is 2. The van der Waals surface area contributed by atoms with Crippen LogP contribution < -0.4 is 20.1 Å². The van der Waals surface area contributed by atoms with Crippen molar-refractivity contribution in [2.75, 3.05) is 23.8 Å². The van der Waals surface area contributed by atoms with Crippen molar-refractivity contribution in [2.45, 2.75) is 6.92 Å². The molecule has 148 valence electrons. The third-order valence-electron chi connectivity index (χ3n) is 3.98. The lowest BCUT2D eigenvalue weighted by Crippen LogP contribution is -2.20. The molecule has 0 heterocycles. The van der Waals surface area contributed by atoms with Gasteiger partial charge >= 0.3 is 0 Å². The molecule has 0 aliphatic rings. The van der Waals surface area contributed by atoms with E-state index >= 15 is 0 Å². The highest BCUT2D eigenvalue weighted by molar-refractivity contribution is 6.05. The van der Waals surface area contributed by atoms with Gasteiger partial charge in [-0.1, -0.05) is 30.3 Å². The molecule has 3 aromatic carbocycles. The largest absolute Gasteiger partial charge is 0.492 e. The third kappa shape index (κ3) is 5.84. The van der Waals surface area contributed by atoms with Gasteiger partial charge in [0, 0.05) is 11.3 Å². The first-order valence-corrected chi connectivity index (χ1v) is 9.26. The summed E-state index contributed by atoms with van der Waals surface area (Å²) in [6.45, 7) is 2.27. The second kappa shape index (κ2) is 9.94. The summed E-state index contributed by atoms with van der Waals surface area (Å²) in [4.78, 5) is 24.4. The number of carbonyl (C=O) groups is 2. The maximum Gasteiger partial charge on any atom is 0.262 e. The van der Waals surface area contributed by atoms with Crippen molar-refractivity contribution >= 4 is 23.2 Å². The van der Waals surface area contributed by atoms with Gasteiger partial charge in [0.2, 0.25) is 0 Å². The smallest absolute Gasteiger partial charge is 0.262 e. The summed E-state index contributed by atoms with van der Waals surface area (Å²) >= 11 is 0. The van der Waals surface area contributed by atoms with E-state index in [0.29, 0.717) is 35.0 Å². The van der Waals surface area contributed by atoms with Gasteiger partial charge in [-0.25, -0.2) is 0 Å². The molecule has 0 saturated carbocycles. The van der Waals surface area contributed by atoms with Crippen molar-refractivity contribution in [3.8, 4) is 11.5 Å². The van der Waals surface area contributed by atoms with Crippen LogP contribution in [0.2, 0.25) is 0 Å². The molecule has 6 heteroatoms. The molecule has 2 amide bonds. The minimum Gasteiger partial charge on any atom is -0.492 e. The highest BCUT2D eigenvalue weighted by atomic mass is 16.5. The molecule has 0 bridgehead atoms. The quantitative estimate of drug-likeness (QED) is 0.599. The van der Waals surface area contributed by atoms with Crippen molar-refractivity contribution in [1.82, 2.24) is 0 Å². The fourth-order valence-electron chi connectivity index (χ4n) is 2.62. The van der Waals surface area contributed by atoms with Gasteiger partial charge in [0.15, 0.2) is 6.61 Å². The zero-order chi connectivity index (χ0) is 20.5. The highest BCUT2D eigenvalue weighted by Crippen LogP contribution is 2.24. The van der Waals surface area contributed by atoms with E-state index in [0.717, 1.165) is 0 Å². The van der Waals surface area contributed by atoms with Crippen LogP contribution in [0.25, 0.3) is 0 Å². The summed E-state index contributed by atoms with van der Waals surface area (Å²) in [5.74, 6) is 0.600. The second-order valence-corrected chi connectivity index (χ2v) is 6.11. The minimum absolute atomic E-state index is 0.123. The average molecular weight is 390 g/mol. The van der Waals surface area contributed by atoms with Gasteiger partial charge in [0.05, 0.1) is 12.3 Å². The monoisotopic (exact) mass is 390 g/mol. The first-order chi connectivity index (χ1) is 14.2. The molecule has 0 spiro atoms. The average Bonchev–Trinajstić information content (AvgIpc) is 2.75. The molecule has 0 unspecified atom stereocenters. The molecule has 0 radical (unpaired) electrons. The molecule has 29 heavy (non-hydrogen) atoms. The number of hydrogen-bond donors (Lipinski definition) is 2. The molecule has 0 fully saturated rings. The van der Waals surface area contributed by atoms with Gasteiger partial charge in [-0.15, -0.1) is 0 Å². The summed E-state index contributed by atoms with van der Waals surface area (Å²) in [7, 11) is 0. The minimum atomic E-state index is -0.259. The van der Waals surface area contributed by atoms with Crippen LogP contribution in [-0.4, -0.2) is 25.0 Å². The normalized spacial score (nSPS) is 10.1. The Kier molecular flexibility index (Phi) is 6.84. The molecule has 0 aromatic heterocycles. The number of benzene rings is 3. The van der Waals surface area contributed by atoms with Crippen LogP contribution in [0.1, 0.15) is 17.3 Å². The SMILES string of the molecule is CCOc1ccccc1NC(=O)c1ccc(OCC(=O)Nc2ccccc2)cc1. The van der Waals surface area contributed by atoms with Crippen LogP contribution in [0.3, 0.4) is 0 Å². The fourth-order valence-corrected chi connectivity index (χ4v) is 2.62. The second-order valence-electron chi connectivity index (χ2n) is 6.11. The standard InChI is InChI=1S/C23H22N2O4/c1-2-28-21-11-7-6-10-20(21)25-23(27)17-12-14-19(15-13-17)29-16-22(26)24-18-8-4-3-5-9-18/h3-15H,2,16H2,1H3,(H,24,26)(H,25,27). The van der Waals surface area contributed by atoms with E-state index in [-0.39, 0.29) is 18.4 Å².